The molecule has 1 unspecified atom stereocenters. The molecule has 0 aliphatic carbocycles. The summed E-state index contributed by atoms with van der Waals surface area (Å²) in [4.78, 5) is 16.9. The molecular weight excluding hydrogens is 445 g/mol. The van der Waals surface area contributed by atoms with Crippen molar-refractivity contribution in [1.29, 1.82) is 0 Å². The number of hydrogen-bond acceptors (Lipinski definition) is 2. The maximum Gasteiger partial charge on any atom is 0.323 e. The van der Waals surface area contributed by atoms with Gasteiger partial charge < -0.3 is 15.7 Å². The molecular formula is C15H13BrIN3O. The summed E-state index contributed by atoms with van der Waals surface area (Å²) in [6.07, 6.45) is 0. The molecule has 21 heavy (non-hydrogen) atoms. The van der Waals surface area contributed by atoms with Gasteiger partial charge in [0.15, 0.2) is 0 Å². The maximum absolute atomic E-state index is 11.4. The fourth-order valence-electron chi connectivity index (χ4n) is 2.39. The average molecular weight is 458 g/mol. The van der Waals surface area contributed by atoms with E-state index in [2.05, 4.69) is 61.5 Å². The van der Waals surface area contributed by atoms with Crippen LogP contribution in [0.1, 0.15) is 22.7 Å². The van der Waals surface area contributed by atoms with Gasteiger partial charge in [-0.05, 0) is 58.3 Å². The van der Waals surface area contributed by atoms with Crippen molar-refractivity contribution in [1.82, 2.24) is 9.97 Å². The number of halogens is 2. The number of nitrogens with one attached hydrogen (secondary N) is 2. The molecule has 3 aromatic rings. The fourth-order valence-corrected chi connectivity index (χ4v) is 3.67. The SMILES string of the molecule is Cc1cccc(C(N)c2cc3[nH]c(=O)[nH]c3cc2Br)c1I. The Morgan fingerprint density at radius 3 is 2.57 bits per heavy atom. The van der Waals surface area contributed by atoms with E-state index in [4.69, 9.17) is 5.73 Å². The number of aromatic amines is 2. The van der Waals surface area contributed by atoms with Gasteiger partial charge in [-0.1, -0.05) is 34.1 Å². The molecule has 0 aliphatic heterocycles. The lowest BCUT2D eigenvalue weighted by Crippen LogP contribution is -2.14. The molecule has 2 aromatic carbocycles. The zero-order chi connectivity index (χ0) is 15.1. The monoisotopic (exact) mass is 457 g/mol. The van der Waals surface area contributed by atoms with Crippen LogP contribution < -0.4 is 11.4 Å². The molecule has 4 N–H and O–H groups in total. The lowest BCUT2D eigenvalue weighted by Gasteiger charge is -2.17. The van der Waals surface area contributed by atoms with Gasteiger partial charge in [-0.25, -0.2) is 4.79 Å². The number of hydrogen-bond donors (Lipinski definition) is 3. The van der Waals surface area contributed by atoms with E-state index in [1.165, 1.54) is 5.56 Å². The van der Waals surface area contributed by atoms with E-state index < -0.39 is 0 Å². The summed E-state index contributed by atoms with van der Waals surface area (Å²) in [6.45, 7) is 2.07. The van der Waals surface area contributed by atoms with Crippen LogP contribution in [0.25, 0.3) is 11.0 Å². The third-order valence-corrected chi connectivity index (χ3v) is 5.69. The lowest BCUT2D eigenvalue weighted by molar-refractivity contribution is 0.859. The third-order valence-electron chi connectivity index (χ3n) is 3.53. The molecule has 0 spiro atoms. The van der Waals surface area contributed by atoms with E-state index in [9.17, 15) is 4.79 Å². The largest absolute Gasteiger partial charge is 0.323 e. The standard InChI is InChI=1S/C15H13BrIN3O/c1-7-3-2-4-8(13(7)17)14(18)9-5-11-12(6-10(9)16)20-15(21)19-11/h2-6,14H,18H2,1H3,(H2,19,20,21). The zero-order valence-electron chi connectivity index (χ0n) is 11.2. The molecule has 4 nitrogen and oxygen atoms in total. The number of aromatic nitrogens is 2. The summed E-state index contributed by atoms with van der Waals surface area (Å²) in [5.74, 6) is 0. The highest BCUT2D eigenvalue weighted by atomic mass is 127. The Kier molecular flexibility index (Phi) is 3.94. The first-order valence-electron chi connectivity index (χ1n) is 6.39. The van der Waals surface area contributed by atoms with Crippen molar-refractivity contribution in [3.63, 3.8) is 0 Å². The van der Waals surface area contributed by atoms with Crippen LogP contribution in [0.4, 0.5) is 0 Å². The van der Waals surface area contributed by atoms with E-state index >= 15 is 0 Å². The van der Waals surface area contributed by atoms with E-state index in [0.29, 0.717) is 0 Å². The minimum Gasteiger partial charge on any atom is -0.320 e. The van der Waals surface area contributed by atoms with Crippen molar-refractivity contribution >= 4 is 49.6 Å². The minimum atomic E-state index is -0.256. The van der Waals surface area contributed by atoms with Gasteiger partial charge in [0.25, 0.3) is 0 Å². The summed E-state index contributed by atoms with van der Waals surface area (Å²) in [6, 6.07) is 9.66. The second-order valence-electron chi connectivity index (χ2n) is 4.95. The van der Waals surface area contributed by atoms with Crippen LogP contribution in [0.5, 0.6) is 0 Å². The van der Waals surface area contributed by atoms with Crippen LogP contribution >= 0.6 is 38.5 Å². The Morgan fingerprint density at radius 2 is 1.86 bits per heavy atom. The molecule has 1 aromatic heterocycles. The first-order chi connectivity index (χ1) is 9.97. The second-order valence-corrected chi connectivity index (χ2v) is 6.89. The molecule has 0 fully saturated rings. The predicted molar refractivity (Wildman–Crippen MR) is 96.5 cm³/mol. The molecule has 6 heteroatoms. The van der Waals surface area contributed by atoms with E-state index in [0.717, 1.165) is 30.2 Å². The first kappa shape index (κ1) is 14.8. The molecule has 0 radical (unpaired) electrons. The number of nitrogens with two attached hydrogens (primary N) is 1. The summed E-state index contributed by atoms with van der Waals surface area (Å²) in [5.41, 5.74) is 11.0. The molecule has 0 bridgehead atoms. The normalized spacial score (nSPS) is 12.8. The highest BCUT2D eigenvalue weighted by Gasteiger charge is 2.17. The van der Waals surface area contributed by atoms with Gasteiger partial charge in [-0.2, -0.15) is 0 Å². The Morgan fingerprint density at radius 1 is 1.19 bits per heavy atom. The van der Waals surface area contributed by atoms with Crippen LogP contribution in [0, 0.1) is 10.5 Å². The van der Waals surface area contributed by atoms with Crippen molar-refractivity contribution in [3.8, 4) is 0 Å². The van der Waals surface area contributed by atoms with Gasteiger partial charge in [-0.15, -0.1) is 0 Å². The topological polar surface area (TPSA) is 74.7 Å². The summed E-state index contributed by atoms with van der Waals surface area (Å²) in [5, 5.41) is 0. The number of rotatable bonds is 2. The van der Waals surface area contributed by atoms with Crippen LogP contribution in [0.3, 0.4) is 0 Å². The Labute approximate surface area is 143 Å². The van der Waals surface area contributed by atoms with Gasteiger partial charge in [0, 0.05) is 8.04 Å². The number of benzene rings is 2. The summed E-state index contributed by atoms with van der Waals surface area (Å²) in [7, 11) is 0. The fraction of sp³-hybridized carbons (Fsp3) is 0.133. The van der Waals surface area contributed by atoms with Crippen molar-refractivity contribution in [3.05, 3.63) is 65.5 Å². The molecule has 3 rings (SSSR count). The smallest absolute Gasteiger partial charge is 0.320 e. The van der Waals surface area contributed by atoms with E-state index in [-0.39, 0.29) is 11.7 Å². The predicted octanol–water partition coefficient (Wildman–Crippen LogP) is 3.58. The van der Waals surface area contributed by atoms with Crippen molar-refractivity contribution in [2.75, 3.05) is 0 Å². The van der Waals surface area contributed by atoms with E-state index in [1.54, 1.807) is 0 Å². The summed E-state index contributed by atoms with van der Waals surface area (Å²) < 4.78 is 2.05. The number of fused-ring (bicyclic) bond motifs is 1. The molecule has 0 aliphatic rings. The van der Waals surface area contributed by atoms with Crippen LogP contribution in [-0.4, -0.2) is 9.97 Å². The lowest BCUT2D eigenvalue weighted by atomic mass is 9.98. The van der Waals surface area contributed by atoms with Gasteiger partial charge in [0.05, 0.1) is 17.1 Å². The zero-order valence-corrected chi connectivity index (χ0v) is 14.9. The Hall–Kier alpha value is -1.12. The van der Waals surface area contributed by atoms with Crippen molar-refractivity contribution < 1.29 is 0 Å². The third kappa shape index (κ3) is 2.67. The van der Waals surface area contributed by atoms with E-state index in [1.807, 2.05) is 24.3 Å². The van der Waals surface area contributed by atoms with Crippen LogP contribution in [0.2, 0.25) is 0 Å². The second kappa shape index (κ2) is 5.58. The molecule has 1 heterocycles. The molecule has 0 amide bonds. The Bertz CT molecular complexity index is 884. The number of imidazole rings is 1. The molecule has 1 atom stereocenters. The minimum absolute atomic E-state index is 0.215. The summed E-state index contributed by atoms with van der Waals surface area (Å²) >= 11 is 5.87. The number of H-pyrrole nitrogens is 2. The Balaban J connectivity index is 2.16. The first-order valence-corrected chi connectivity index (χ1v) is 8.26. The van der Waals surface area contributed by atoms with Crippen molar-refractivity contribution in [2.24, 2.45) is 5.73 Å². The van der Waals surface area contributed by atoms with Crippen LogP contribution in [-0.2, 0) is 0 Å². The maximum atomic E-state index is 11.4. The highest BCUT2D eigenvalue weighted by molar-refractivity contribution is 14.1. The molecule has 0 saturated heterocycles. The van der Waals surface area contributed by atoms with Crippen molar-refractivity contribution in [2.45, 2.75) is 13.0 Å². The van der Waals surface area contributed by atoms with Gasteiger partial charge in [0.1, 0.15) is 0 Å². The highest BCUT2D eigenvalue weighted by Crippen LogP contribution is 2.32. The van der Waals surface area contributed by atoms with Gasteiger partial charge >= 0.3 is 5.69 Å². The van der Waals surface area contributed by atoms with Gasteiger partial charge in [0.2, 0.25) is 0 Å². The van der Waals surface area contributed by atoms with Crippen LogP contribution in [0.15, 0.2) is 39.6 Å². The van der Waals surface area contributed by atoms with Gasteiger partial charge in [-0.3, -0.25) is 0 Å². The quantitative estimate of drug-likeness (QED) is 0.514. The average Bonchev–Trinajstić information content (AvgIpc) is 2.79. The number of aryl methyl sites for hydroxylation is 1. The molecule has 108 valence electrons. The molecule has 0 saturated carbocycles.